The zero-order chi connectivity index (χ0) is 17.9. The van der Waals surface area contributed by atoms with Crippen molar-refractivity contribution in [3.05, 3.63) is 29.3 Å². The van der Waals surface area contributed by atoms with E-state index in [0.29, 0.717) is 30.0 Å². The topological polar surface area (TPSA) is 79.9 Å². The maximum Gasteiger partial charge on any atom is 0.255 e. The maximum atomic E-state index is 12.7. The third-order valence-corrected chi connectivity index (χ3v) is 4.31. The van der Waals surface area contributed by atoms with Crippen LogP contribution in [-0.2, 0) is 4.74 Å². The number of fused-ring (bicyclic) bond motifs is 1. The van der Waals surface area contributed by atoms with E-state index in [1.807, 2.05) is 13.8 Å². The van der Waals surface area contributed by atoms with Gasteiger partial charge in [-0.2, -0.15) is 0 Å². The highest BCUT2D eigenvalue weighted by atomic mass is 16.5. The lowest BCUT2D eigenvalue weighted by atomic mass is 10.0. The number of ether oxygens (including phenoxy) is 2. The van der Waals surface area contributed by atoms with Crippen LogP contribution in [0.5, 0.6) is 5.75 Å². The van der Waals surface area contributed by atoms with Crippen LogP contribution >= 0.6 is 0 Å². The summed E-state index contributed by atoms with van der Waals surface area (Å²) in [6.07, 6.45) is 0. The van der Waals surface area contributed by atoms with E-state index in [0.717, 1.165) is 32.8 Å². The molecule has 1 saturated heterocycles. The summed E-state index contributed by atoms with van der Waals surface area (Å²) in [6.45, 7) is 8.83. The lowest BCUT2D eigenvalue weighted by molar-refractivity contribution is 0.0269. The largest absolute Gasteiger partial charge is 0.491 e. The van der Waals surface area contributed by atoms with E-state index in [2.05, 4.69) is 15.5 Å². The maximum absolute atomic E-state index is 12.7. The van der Waals surface area contributed by atoms with Crippen molar-refractivity contribution in [3.63, 3.8) is 0 Å². The lowest BCUT2D eigenvalue weighted by Crippen LogP contribution is -2.53. The first-order chi connectivity index (χ1) is 11.9. The first kappa shape index (κ1) is 17.7. The normalized spacial score (nSPS) is 18.6. The molecule has 0 saturated carbocycles. The summed E-state index contributed by atoms with van der Waals surface area (Å²) in [7, 11) is 0. The minimum Gasteiger partial charge on any atom is -0.491 e. The predicted molar refractivity (Wildman–Crippen MR) is 93.1 cm³/mol. The Labute approximate surface area is 147 Å². The van der Waals surface area contributed by atoms with Crippen molar-refractivity contribution in [1.29, 1.82) is 0 Å². The van der Waals surface area contributed by atoms with Crippen molar-refractivity contribution in [3.8, 4) is 5.75 Å². The number of nitrogens with one attached hydrogen (secondary N) is 2. The van der Waals surface area contributed by atoms with Gasteiger partial charge in [-0.15, -0.1) is 0 Å². The molecule has 0 atom stereocenters. The van der Waals surface area contributed by atoms with E-state index in [1.54, 1.807) is 18.2 Å². The van der Waals surface area contributed by atoms with Crippen LogP contribution in [0.15, 0.2) is 18.2 Å². The molecule has 0 radical (unpaired) electrons. The molecular weight excluding hydrogens is 322 g/mol. The van der Waals surface area contributed by atoms with Crippen LogP contribution < -0.4 is 15.4 Å². The van der Waals surface area contributed by atoms with Crippen molar-refractivity contribution in [2.45, 2.75) is 19.4 Å². The van der Waals surface area contributed by atoms with Crippen LogP contribution in [0.25, 0.3) is 0 Å². The third kappa shape index (κ3) is 4.49. The highest BCUT2D eigenvalue weighted by Crippen LogP contribution is 2.22. The quantitative estimate of drug-likeness (QED) is 0.836. The second-order valence-electron chi connectivity index (χ2n) is 7.04. The van der Waals surface area contributed by atoms with Gasteiger partial charge >= 0.3 is 0 Å². The third-order valence-electron chi connectivity index (χ3n) is 4.31. The first-order valence-electron chi connectivity index (χ1n) is 8.62. The van der Waals surface area contributed by atoms with Crippen LogP contribution in [0, 0.1) is 0 Å². The monoisotopic (exact) mass is 347 g/mol. The van der Waals surface area contributed by atoms with Gasteiger partial charge in [-0.05, 0) is 32.0 Å². The Morgan fingerprint density at radius 1 is 1.28 bits per heavy atom. The lowest BCUT2D eigenvalue weighted by Gasteiger charge is -2.35. The number of rotatable bonds is 4. The van der Waals surface area contributed by atoms with Crippen LogP contribution in [0.1, 0.15) is 34.6 Å². The average Bonchev–Trinajstić information content (AvgIpc) is 2.76. The highest BCUT2D eigenvalue weighted by Gasteiger charge is 2.26. The Balaban J connectivity index is 1.69. The van der Waals surface area contributed by atoms with E-state index < -0.39 is 0 Å². The van der Waals surface area contributed by atoms with Gasteiger partial charge in [-0.25, -0.2) is 0 Å². The van der Waals surface area contributed by atoms with Gasteiger partial charge in [0.25, 0.3) is 11.8 Å². The fourth-order valence-electron chi connectivity index (χ4n) is 3.13. The molecule has 2 aliphatic rings. The number of hydrogen-bond donors (Lipinski definition) is 2. The minimum absolute atomic E-state index is 0.196. The SMILES string of the molecule is CC(C)(CN1CCOCC1)NC(=O)c1ccc2c(c1)C(=O)NCCO2. The summed E-state index contributed by atoms with van der Waals surface area (Å²) in [4.78, 5) is 27.0. The molecule has 2 heterocycles. The number of benzene rings is 1. The summed E-state index contributed by atoms with van der Waals surface area (Å²) in [5, 5.41) is 5.82. The van der Waals surface area contributed by atoms with Gasteiger partial charge < -0.3 is 20.1 Å². The van der Waals surface area contributed by atoms with E-state index in [-0.39, 0.29) is 17.4 Å². The standard InChI is InChI=1S/C18H25N3O4/c1-18(2,12-21-6-9-24-10-7-21)20-16(22)13-3-4-15-14(11-13)17(23)19-5-8-25-15/h3-4,11H,5-10,12H2,1-2H3,(H,19,23)(H,20,22). The Bertz CT molecular complexity index is 654. The zero-order valence-corrected chi connectivity index (χ0v) is 14.8. The van der Waals surface area contributed by atoms with Crippen molar-refractivity contribution in [1.82, 2.24) is 15.5 Å². The molecule has 3 rings (SSSR count). The van der Waals surface area contributed by atoms with Crippen molar-refractivity contribution >= 4 is 11.8 Å². The van der Waals surface area contributed by atoms with Gasteiger partial charge in [-0.1, -0.05) is 0 Å². The van der Waals surface area contributed by atoms with E-state index in [9.17, 15) is 9.59 Å². The molecule has 2 N–H and O–H groups in total. The summed E-state index contributed by atoms with van der Waals surface area (Å²) in [5.74, 6) is 0.104. The Morgan fingerprint density at radius 2 is 2.04 bits per heavy atom. The van der Waals surface area contributed by atoms with Gasteiger partial charge in [0.15, 0.2) is 0 Å². The van der Waals surface area contributed by atoms with Crippen LogP contribution in [0.2, 0.25) is 0 Å². The van der Waals surface area contributed by atoms with Gasteiger partial charge in [-0.3, -0.25) is 14.5 Å². The van der Waals surface area contributed by atoms with Crippen molar-refractivity contribution in [2.24, 2.45) is 0 Å². The molecule has 1 aromatic rings. The number of morpholine rings is 1. The van der Waals surface area contributed by atoms with Crippen LogP contribution in [0.4, 0.5) is 0 Å². The minimum atomic E-state index is -0.389. The fourth-order valence-corrected chi connectivity index (χ4v) is 3.13. The van der Waals surface area contributed by atoms with Crippen LogP contribution in [0.3, 0.4) is 0 Å². The molecule has 7 heteroatoms. The molecule has 0 aromatic heterocycles. The molecule has 2 amide bonds. The van der Waals surface area contributed by atoms with Crippen molar-refractivity contribution in [2.75, 3.05) is 46.0 Å². The molecule has 1 fully saturated rings. The Hall–Kier alpha value is -2.12. The second-order valence-corrected chi connectivity index (χ2v) is 7.04. The number of nitrogens with zero attached hydrogens (tertiary/aromatic N) is 1. The fraction of sp³-hybridized carbons (Fsp3) is 0.556. The van der Waals surface area contributed by atoms with E-state index >= 15 is 0 Å². The number of carbonyl (C=O) groups excluding carboxylic acids is 2. The molecule has 7 nitrogen and oxygen atoms in total. The van der Waals surface area contributed by atoms with E-state index in [4.69, 9.17) is 9.47 Å². The summed E-state index contributed by atoms with van der Waals surface area (Å²) >= 11 is 0. The molecule has 2 aliphatic heterocycles. The molecule has 1 aromatic carbocycles. The summed E-state index contributed by atoms with van der Waals surface area (Å²) < 4.78 is 10.9. The molecular formula is C18H25N3O4. The van der Waals surface area contributed by atoms with Gasteiger partial charge in [0, 0.05) is 30.7 Å². The van der Waals surface area contributed by atoms with Crippen molar-refractivity contribution < 1.29 is 19.1 Å². The highest BCUT2D eigenvalue weighted by molar-refractivity contribution is 6.01. The van der Waals surface area contributed by atoms with Gasteiger partial charge in [0.1, 0.15) is 12.4 Å². The summed E-state index contributed by atoms with van der Waals surface area (Å²) in [6, 6.07) is 4.97. The molecule has 0 spiro atoms. The zero-order valence-electron chi connectivity index (χ0n) is 14.8. The van der Waals surface area contributed by atoms with Crippen LogP contribution in [-0.4, -0.2) is 68.3 Å². The molecule has 136 valence electrons. The molecule has 0 aliphatic carbocycles. The summed E-state index contributed by atoms with van der Waals surface area (Å²) in [5.41, 5.74) is 0.463. The van der Waals surface area contributed by atoms with E-state index in [1.165, 1.54) is 0 Å². The molecule has 0 bridgehead atoms. The molecule has 0 unspecified atom stereocenters. The Kier molecular flexibility index (Phi) is 5.24. The number of hydrogen-bond acceptors (Lipinski definition) is 5. The smallest absolute Gasteiger partial charge is 0.255 e. The predicted octanol–water partition coefficient (Wildman–Crippen LogP) is 0.649. The van der Waals surface area contributed by atoms with Gasteiger partial charge in [0.05, 0.1) is 25.3 Å². The number of amides is 2. The Morgan fingerprint density at radius 3 is 2.80 bits per heavy atom. The average molecular weight is 347 g/mol. The molecule has 25 heavy (non-hydrogen) atoms. The second kappa shape index (κ2) is 7.41. The first-order valence-corrected chi connectivity index (χ1v) is 8.62. The van der Waals surface area contributed by atoms with Gasteiger partial charge in [0.2, 0.25) is 0 Å². The number of carbonyl (C=O) groups is 2.